The molecule has 1 aliphatic rings. The van der Waals surface area contributed by atoms with Gasteiger partial charge in [-0.3, -0.25) is 9.59 Å². The van der Waals surface area contributed by atoms with Gasteiger partial charge in [0.15, 0.2) is 0 Å². The predicted octanol–water partition coefficient (Wildman–Crippen LogP) is 7.26. The number of likely N-dealkylation sites (tertiary alicyclic amines) is 1. The van der Waals surface area contributed by atoms with Gasteiger partial charge in [-0.25, -0.2) is 8.78 Å². The van der Waals surface area contributed by atoms with Gasteiger partial charge >= 0.3 is 6.18 Å². The van der Waals surface area contributed by atoms with Crippen LogP contribution < -0.4 is 5.32 Å². The molecule has 0 bridgehead atoms. The largest absolute Gasteiger partial charge is 0.416 e. The first kappa shape index (κ1) is 30.2. The lowest BCUT2D eigenvalue weighted by molar-refractivity contribution is -0.137. The van der Waals surface area contributed by atoms with Crippen molar-refractivity contribution in [1.82, 2.24) is 10.2 Å². The maximum absolute atomic E-state index is 13.5. The van der Waals surface area contributed by atoms with E-state index in [2.05, 4.69) is 5.32 Å². The number of benzene rings is 3. The van der Waals surface area contributed by atoms with Gasteiger partial charge in [0.25, 0.3) is 5.91 Å². The number of nitrogens with one attached hydrogen (secondary N) is 1. The van der Waals surface area contributed by atoms with Gasteiger partial charge in [-0.1, -0.05) is 30.7 Å². The van der Waals surface area contributed by atoms with Crippen LogP contribution in [-0.4, -0.2) is 36.3 Å². The molecule has 0 radical (unpaired) electrons. The van der Waals surface area contributed by atoms with Crippen molar-refractivity contribution < 1.29 is 31.5 Å². The molecule has 0 aromatic heterocycles. The zero-order chi connectivity index (χ0) is 29.6. The first-order chi connectivity index (χ1) is 19.5. The van der Waals surface area contributed by atoms with E-state index in [0.29, 0.717) is 44.3 Å². The number of carbonyl (C=O) groups excluding carboxylic acids is 2. The number of hydrogen-bond acceptors (Lipinski definition) is 2. The molecule has 41 heavy (non-hydrogen) atoms. The molecule has 3 aromatic rings. The number of amides is 2. The number of carbonyl (C=O) groups is 2. The fourth-order valence-corrected chi connectivity index (χ4v) is 5.34. The molecule has 4 nitrogen and oxygen atoms in total. The second kappa shape index (κ2) is 13.3. The van der Waals surface area contributed by atoms with Crippen LogP contribution in [-0.2, 0) is 11.0 Å². The number of rotatable bonds is 10. The van der Waals surface area contributed by atoms with E-state index in [-0.39, 0.29) is 41.5 Å². The summed E-state index contributed by atoms with van der Waals surface area (Å²) >= 11 is 0. The number of unbranched alkanes of at least 4 members (excludes halogenated alkanes) is 1. The van der Waals surface area contributed by atoms with Crippen LogP contribution in [0, 0.1) is 24.5 Å². The van der Waals surface area contributed by atoms with Crippen molar-refractivity contribution in [1.29, 1.82) is 0 Å². The van der Waals surface area contributed by atoms with Crippen LogP contribution in [0.5, 0.6) is 0 Å². The van der Waals surface area contributed by atoms with E-state index < -0.39 is 17.6 Å². The maximum Gasteiger partial charge on any atom is 0.416 e. The Balaban J connectivity index is 1.24. The Bertz CT molecular complexity index is 1290. The molecule has 1 atom stereocenters. The predicted molar refractivity (Wildman–Crippen MR) is 146 cm³/mol. The zero-order valence-corrected chi connectivity index (χ0v) is 22.8. The minimum Gasteiger partial charge on any atom is -0.352 e. The summed E-state index contributed by atoms with van der Waals surface area (Å²) in [5, 5.41) is 2.72. The van der Waals surface area contributed by atoms with Crippen molar-refractivity contribution >= 4 is 11.8 Å². The van der Waals surface area contributed by atoms with Crippen LogP contribution >= 0.6 is 0 Å². The van der Waals surface area contributed by atoms with Crippen molar-refractivity contribution in [2.75, 3.05) is 19.6 Å². The minimum absolute atomic E-state index is 0.0208. The normalized spacial score (nSPS) is 15.4. The number of halogens is 5. The first-order valence-electron chi connectivity index (χ1n) is 13.8. The number of aryl methyl sites for hydroxylation is 1. The average molecular weight is 573 g/mol. The van der Waals surface area contributed by atoms with E-state index in [9.17, 15) is 31.5 Å². The summed E-state index contributed by atoms with van der Waals surface area (Å²) in [7, 11) is 0. The van der Waals surface area contributed by atoms with E-state index in [4.69, 9.17) is 0 Å². The highest BCUT2D eigenvalue weighted by molar-refractivity contribution is 5.94. The Labute approximate surface area is 236 Å². The van der Waals surface area contributed by atoms with Crippen molar-refractivity contribution in [2.45, 2.75) is 51.1 Å². The molecule has 3 aromatic carbocycles. The second-order valence-corrected chi connectivity index (χ2v) is 10.7. The Morgan fingerprint density at radius 3 is 2.12 bits per heavy atom. The number of nitrogens with zero attached hydrogens (tertiary/aromatic N) is 1. The monoisotopic (exact) mass is 572 g/mol. The molecule has 1 heterocycles. The summed E-state index contributed by atoms with van der Waals surface area (Å²) < 4.78 is 66.2. The molecule has 1 aliphatic heterocycles. The van der Waals surface area contributed by atoms with Gasteiger partial charge in [0.1, 0.15) is 11.6 Å². The van der Waals surface area contributed by atoms with Crippen molar-refractivity contribution in [3.63, 3.8) is 0 Å². The molecular weight excluding hydrogens is 539 g/mol. The fourth-order valence-electron chi connectivity index (χ4n) is 5.34. The molecule has 1 N–H and O–H groups in total. The molecule has 0 saturated carbocycles. The lowest BCUT2D eigenvalue weighted by atomic mass is 9.87. The van der Waals surface area contributed by atoms with Crippen LogP contribution in [0.2, 0.25) is 0 Å². The van der Waals surface area contributed by atoms with Crippen LogP contribution in [0.25, 0.3) is 0 Å². The molecular formula is C32H33F5N2O2. The third-order valence-corrected chi connectivity index (χ3v) is 7.53. The van der Waals surface area contributed by atoms with Crippen LogP contribution in [0.4, 0.5) is 22.0 Å². The summed E-state index contributed by atoms with van der Waals surface area (Å²) in [4.78, 5) is 27.1. The highest BCUT2D eigenvalue weighted by atomic mass is 19.4. The molecule has 0 spiro atoms. The Morgan fingerprint density at radius 1 is 0.927 bits per heavy atom. The van der Waals surface area contributed by atoms with Crippen LogP contribution in [0.3, 0.4) is 0 Å². The van der Waals surface area contributed by atoms with Gasteiger partial charge in [-0.05, 0) is 91.3 Å². The summed E-state index contributed by atoms with van der Waals surface area (Å²) in [5.41, 5.74) is 1.30. The topological polar surface area (TPSA) is 49.4 Å². The van der Waals surface area contributed by atoms with E-state index >= 15 is 0 Å². The van der Waals surface area contributed by atoms with Gasteiger partial charge in [0, 0.05) is 37.5 Å². The minimum atomic E-state index is -4.53. The highest BCUT2D eigenvalue weighted by Crippen LogP contribution is 2.32. The first-order valence-corrected chi connectivity index (χ1v) is 13.8. The quantitative estimate of drug-likeness (QED) is 0.205. The third-order valence-electron chi connectivity index (χ3n) is 7.53. The summed E-state index contributed by atoms with van der Waals surface area (Å²) in [5.74, 6) is -1.23. The zero-order valence-electron chi connectivity index (χ0n) is 22.8. The van der Waals surface area contributed by atoms with Gasteiger partial charge in [-0.15, -0.1) is 0 Å². The van der Waals surface area contributed by atoms with Gasteiger partial charge in [-0.2, -0.15) is 13.2 Å². The van der Waals surface area contributed by atoms with E-state index in [1.165, 1.54) is 37.3 Å². The molecule has 9 heteroatoms. The molecule has 2 amide bonds. The Kier molecular flexibility index (Phi) is 9.78. The fraction of sp³-hybridized carbons (Fsp3) is 0.375. The number of hydrogen-bond donors (Lipinski definition) is 1. The van der Waals surface area contributed by atoms with Crippen molar-refractivity contribution in [3.05, 3.63) is 106 Å². The van der Waals surface area contributed by atoms with Crippen molar-refractivity contribution in [2.24, 2.45) is 5.92 Å². The average Bonchev–Trinajstić information content (AvgIpc) is 3.41. The molecule has 4 rings (SSSR count). The standard InChI is InChI=1S/C32H33F5N2O2/c1-21-16-25(18-26(17-21)32(35,36)37)31(41)38-19-22-14-15-39(20-22)30(40)5-3-2-4-29(23-6-10-27(33)11-7-23)24-8-12-28(34)13-9-24/h6-13,16-18,22,29H,2-5,14-15,19-20H2,1H3,(H,38,41). The SMILES string of the molecule is Cc1cc(C(=O)NCC2CCN(C(=O)CCCCC(c3ccc(F)cc3)c3ccc(F)cc3)C2)cc(C(F)(F)F)c1. The van der Waals surface area contributed by atoms with E-state index in [1.807, 2.05) is 0 Å². The summed E-state index contributed by atoms with van der Waals surface area (Å²) in [6.45, 7) is 2.83. The van der Waals surface area contributed by atoms with Gasteiger partial charge in [0.05, 0.1) is 5.56 Å². The molecule has 1 saturated heterocycles. The molecule has 0 aliphatic carbocycles. The molecule has 218 valence electrons. The summed E-state index contributed by atoms with van der Waals surface area (Å²) in [6.07, 6.45) is -1.35. The summed E-state index contributed by atoms with van der Waals surface area (Å²) in [6, 6.07) is 15.8. The molecule has 1 unspecified atom stereocenters. The number of alkyl halides is 3. The Hall–Kier alpha value is -3.75. The van der Waals surface area contributed by atoms with Crippen LogP contribution in [0.1, 0.15) is 70.6 Å². The van der Waals surface area contributed by atoms with E-state index in [1.54, 1.807) is 29.2 Å². The van der Waals surface area contributed by atoms with Crippen molar-refractivity contribution in [3.8, 4) is 0 Å². The van der Waals surface area contributed by atoms with E-state index in [0.717, 1.165) is 29.7 Å². The Morgan fingerprint density at radius 2 is 1.54 bits per heavy atom. The van der Waals surface area contributed by atoms with Gasteiger partial charge in [0.2, 0.25) is 5.91 Å². The van der Waals surface area contributed by atoms with Crippen LogP contribution in [0.15, 0.2) is 66.7 Å². The lowest BCUT2D eigenvalue weighted by Crippen LogP contribution is -2.33. The lowest BCUT2D eigenvalue weighted by Gasteiger charge is -2.19. The molecule has 1 fully saturated rings. The maximum atomic E-state index is 13.5. The highest BCUT2D eigenvalue weighted by Gasteiger charge is 2.32. The third kappa shape index (κ3) is 8.38. The smallest absolute Gasteiger partial charge is 0.352 e. The second-order valence-electron chi connectivity index (χ2n) is 10.7. The van der Waals surface area contributed by atoms with Gasteiger partial charge < -0.3 is 10.2 Å².